The van der Waals surface area contributed by atoms with Gasteiger partial charge in [-0.05, 0) is 37.3 Å². The Bertz CT molecular complexity index is 611. The molecule has 1 aliphatic heterocycles. The normalized spacial score (nSPS) is 30.5. The first-order valence-electron chi connectivity index (χ1n) is 9.12. The van der Waals surface area contributed by atoms with Gasteiger partial charge in [-0.2, -0.15) is 0 Å². The first-order chi connectivity index (χ1) is 11.5. The fraction of sp³-hybridized carbons (Fsp3) is 0.600. The van der Waals surface area contributed by atoms with E-state index in [-0.39, 0.29) is 17.7 Å². The summed E-state index contributed by atoms with van der Waals surface area (Å²) >= 11 is 0. The highest BCUT2D eigenvalue weighted by Gasteiger charge is 2.41. The Hall–Kier alpha value is -1.84. The Morgan fingerprint density at radius 2 is 1.88 bits per heavy atom. The third kappa shape index (κ3) is 3.47. The topological polar surface area (TPSA) is 49.4 Å². The van der Waals surface area contributed by atoms with E-state index < -0.39 is 0 Å². The Labute approximate surface area is 144 Å². The maximum atomic E-state index is 12.5. The summed E-state index contributed by atoms with van der Waals surface area (Å²) in [6, 6.07) is 8.08. The van der Waals surface area contributed by atoms with Crippen molar-refractivity contribution in [2.24, 2.45) is 17.8 Å². The molecular weight excluding hydrogens is 300 g/mol. The number of hydrogen-bond acceptors (Lipinski definition) is 2. The number of hydrogen-bond donors (Lipinski definition) is 1. The molecule has 1 heterocycles. The zero-order chi connectivity index (χ0) is 17.3. The van der Waals surface area contributed by atoms with Crippen molar-refractivity contribution in [1.82, 2.24) is 4.90 Å². The number of anilines is 1. The highest BCUT2D eigenvalue weighted by Crippen LogP contribution is 2.35. The summed E-state index contributed by atoms with van der Waals surface area (Å²) in [7, 11) is 0. The number of amides is 2. The molecule has 3 rings (SSSR count). The van der Waals surface area contributed by atoms with E-state index >= 15 is 0 Å². The first kappa shape index (κ1) is 17.0. The minimum Gasteiger partial charge on any atom is -0.339 e. The smallest absolute Gasteiger partial charge is 0.229 e. The van der Waals surface area contributed by atoms with Crippen LogP contribution >= 0.6 is 0 Å². The molecule has 24 heavy (non-hydrogen) atoms. The number of benzene rings is 1. The van der Waals surface area contributed by atoms with Crippen LogP contribution in [-0.4, -0.2) is 29.3 Å². The van der Waals surface area contributed by atoms with Gasteiger partial charge in [0.15, 0.2) is 0 Å². The maximum absolute atomic E-state index is 12.5. The number of nitrogens with one attached hydrogen (secondary N) is 1. The van der Waals surface area contributed by atoms with E-state index in [2.05, 4.69) is 19.2 Å². The number of rotatable bonds is 3. The van der Waals surface area contributed by atoms with E-state index in [4.69, 9.17) is 0 Å². The van der Waals surface area contributed by atoms with Crippen molar-refractivity contribution >= 4 is 17.5 Å². The molecule has 0 bridgehead atoms. The van der Waals surface area contributed by atoms with Crippen LogP contribution in [0.2, 0.25) is 0 Å². The van der Waals surface area contributed by atoms with E-state index in [1.165, 1.54) is 12.8 Å². The van der Waals surface area contributed by atoms with Gasteiger partial charge in [0.2, 0.25) is 11.8 Å². The van der Waals surface area contributed by atoms with Crippen molar-refractivity contribution in [1.29, 1.82) is 0 Å². The molecule has 0 unspecified atom stereocenters. The molecule has 2 fully saturated rings. The quantitative estimate of drug-likeness (QED) is 0.921. The van der Waals surface area contributed by atoms with Crippen LogP contribution in [0.5, 0.6) is 0 Å². The van der Waals surface area contributed by atoms with Gasteiger partial charge < -0.3 is 10.2 Å². The highest BCUT2D eigenvalue weighted by atomic mass is 16.2. The number of carbonyl (C=O) groups is 2. The molecule has 1 aromatic rings. The van der Waals surface area contributed by atoms with E-state index in [1.54, 1.807) is 0 Å². The molecule has 1 N–H and O–H groups in total. The standard InChI is InChI=1S/C20H28N2O2/c1-13-7-9-17(10-8-13)21-20(24)16-11-19(23)22(12-16)18-6-4-5-14(2)15(18)3/h7-10,14-16,18H,4-6,11-12H2,1-3H3,(H,21,24)/t14-,15-,16+,18+/m0/s1. The molecule has 2 aliphatic rings. The molecule has 4 nitrogen and oxygen atoms in total. The first-order valence-corrected chi connectivity index (χ1v) is 9.12. The van der Waals surface area contributed by atoms with Gasteiger partial charge in [-0.25, -0.2) is 0 Å². The Balaban J connectivity index is 1.63. The molecule has 4 atom stereocenters. The predicted octanol–water partition coefficient (Wildman–Crippen LogP) is 3.61. The lowest BCUT2D eigenvalue weighted by Crippen LogP contribution is -2.45. The van der Waals surface area contributed by atoms with Crippen molar-refractivity contribution in [3.8, 4) is 0 Å². The van der Waals surface area contributed by atoms with Crippen molar-refractivity contribution in [2.75, 3.05) is 11.9 Å². The average Bonchev–Trinajstić information content (AvgIpc) is 2.94. The average molecular weight is 328 g/mol. The second-order valence-electron chi connectivity index (χ2n) is 7.64. The van der Waals surface area contributed by atoms with Crippen LogP contribution in [0.4, 0.5) is 5.69 Å². The number of nitrogens with zero attached hydrogens (tertiary/aromatic N) is 1. The van der Waals surface area contributed by atoms with Gasteiger partial charge in [0, 0.05) is 24.7 Å². The SMILES string of the molecule is Cc1ccc(NC(=O)[C@@H]2CC(=O)N([C@@H]3CCC[C@H](C)[C@@H]3C)C2)cc1. The molecule has 4 heteroatoms. The van der Waals surface area contributed by atoms with Gasteiger partial charge in [0.1, 0.15) is 0 Å². The minimum atomic E-state index is -0.233. The van der Waals surface area contributed by atoms with E-state index in [0.717, 1.165) is 17.7 Å². The van der Waals surface area contributed by atoms with Gasteiger partial charge in [0.25, 0.3) is 0 Å². The molecule has 1 aliphatic carbocycles. The third-order valence-corrected chi connectivity index (χ3v) is 5.91. The molecule has 1 aromatic carbocycles. The Morgan fingerprint density at radius 3 is 2.58 bits per heavy atom. The molecule has 0 radical (unpaired) electrons. The summed E-state index contributed by atoms with van der Waals surface area (Å²) in [6.07, 6.45) is 3.84. The van der Waals surface area contributed by atoms with Crippen molar-refractivity contribution in [3.05, 3.63) is 29.8 Å². The van der Waals surface area contributed by atoms with Crippen molar-refractivity contribution in [3.63, 3.8) is 0 Å². The highest BCUT2D eigenvalue weighted by molar-refractivity contribution is 5.97. The van der Waals surface area contributed by atoms with Crippen LogP contribution in [0.25, 0.3) is 0 Å². The molecule has 1 saturated heterocycles. The zero-order valence-corrected chi connectivity index (χ0v) is 14.9. The van der Waals surface area contributed by atoms with Crippen LogP contribution in [-0.2, 0) is 9.59 Å². The molecule has 130 valence electrons. The minimum absolute atomic E-state index is 0.0359. The van der Waals surface area contributed by atoms with Crippen molar-refractivity contribution in [2.45, 2.75) is 52.5 Å². The predicted molar refractivity (Wildman–Crippen MR) is 95.6 cm³/mol. The summed E-state index contributed by atoms with van der Waals surface area (Å²) in [6.45, 7) is 7.12. The third-order valence-electron chi connectivity index (χ3n) is 5.91. The van der Waals surface area contributed by atoms with Gasteiger partial charge in [-0.3, -0.25) is 9.59 Å². The molecule has 2 amide bonds. The van der Waals surface area contributed by atoms with Crippen molar-refractivity contribution < 1.29 is 9.59 Å². The fourth-order valence-electron chi connectivity index (χ4n) is 4.10. The summed E-state index contributed by atoms with van der Waals surface area (Å²) in [5, 5.41) is 2.96. The van der Waals surface area contributed by atoms with Gasteiger partial charge in [-0.1, -0.05) is 44.4 Å². The molecule has 0 spiro atoms. The molecular formula is C20H28N2O2. The van der Waals surface area contributed by atoms with E-state index in [1.807, 2.05) is 36.1 Å². The summed E-state index contributed by atoms with van der Waals surface area (Å²) in [4.78, 5) is 27.0. The van der Waals surface area contributed by atoms with Crippen LogP contribution in [0.15, 0.2) is 24.3 Å². The monoisotopic (exact) mass is 328 g/mol. The lowest BCUT2D eigenvalue weighted by atomic mass is 9.77. The van der Waals surface area contributed by atoms with E-state index in [0.29, 0.717) is 30.8 Å². The van der Waals surface area contributed by atoms with Crippen LogP contribution in [0.3, 0.4) is 0 Å². The van der Waals surface area contributed by atoms with Crippen LogP contribution in [0, 0.1) is 24.7 Å². The number of aryl methyl sites for hydroxylation is 1. The summed E-state index contributed by atoms with van der Waals surface area (Å²) < 4.78 is 0. The van der Waals surface area contributed by atoms with Gasteiger partial charge in [0.05, 0.1) is 5.92 Å². The second kappa shape index (κ2) is 6.96. The zero-order valence-electron chi connectivity index (χ0n) is 14.9. The maximum Gasteiger partial charge on any atom is 0.229 e. The van der Waals surface area contributed by atoms with Crippen LogP contribution < -0.4 is 5.32 Å². The summed E-state index contributed by atoms with van der Waals surface area (Å²) in [5.41, 5.74) is 1.96. The number of carbonyl (C=O) groups excluding carboxylic acids is 2. The molecule has 0 aromatic heterocycles. The van der Waals surface area contributed by atoms with Gasteiger partial charge >= 0.3 is 0 Å². The molecule has 1 saturated carbocycles. The lowest BCUT2D eigenvalue weighted by Gasteiger charge is -2.40. The Kier molecular flexibility index (Phi) is 4.93. The van der Waals surface area contributed by atoms with Crippen LogP contribution in [0.1, 0.15) is 45.1 Å². The second-order valence-corrected chi connectivity index (χ2v) is 7.64. The number of likely N-dealkylation sites (tertiary alicyclic amines) is 1. The fourth-order valence-corrected chi connectivity index (χ4v) is 4.10. The Morgan fingerprint density at radius 1 is 1.17 bits per heavy atom. The lowest BCUT2D eigenvalue weighted by molar-refractivity contribution is -0.131. The largest absolute Gasteiger partial charge is 0.339 e. The summed E-state index contributed by atoms with van der Waals surface area (Å²) in [5.74, 6) is 1.04. The van der Waals surface area contributed by atoms with Gasteiger partial charge in [-0.15, -0.1) is 0 Å². The van der Waals surface area contributed by atoms with E-state index in [9.17, 15) is 9.59 Å².